The predicted octanol–water partition coefficient (Wildman–Crippen LogP) is 2.46. The Kier molecular flexibility index (Phi) is 2.96. The highest BCUT2D eigenvalue weighted by Crippen LogP contribution is 2.26. The van der Waals surface area contributed by atoms with Crippen LogP contribution in [-0.2, 0) is 0 Å². The van der Waals surface area contributed by atoms with Crippen molar-refractivity contribution in [1.29, 1.82) is 0 Å². The number of aromatic amines is 1. The maximum absolute atomic E-state index is 4.52. The second kappa shape index (κ2) is 4.61. The summed E-state index contributed by atoms with van der Waals surface area (Å²) in [6.07, 6.45) is 2.71. The average molecular weight is 244 g/mol. The molecule has 4 heteroatoms. The molecular formula is C14H20N4. The largest absolute Gasteiger partial charge is 0.354 e. The second-order valence-electron chi connectivity index (χ2n) is 5.23. The lowest BCUT2D eigenvalue weighted by atomic mass is 10.3. The molecule has 4 nitrogen and oxygen atoms in total. The Labute approximate surface area is 107 Å². The number of aromatic nitrogens is 2. The minimum Gasteiger partial charge on any atom is -0.354 e. The summed E-state index contributed by atoms with van der Waals surface area (Å²) >= 11 is 0. The highest BCUT2D eigenvalue weighted by atomic mass is 15.2. The van der Waals surface area contributed by atoms with Crippen molar-refractivity contribution in [2.75, 3.05) is 18.9 Å². The maximum Gasteiger partial charge on any atom is 0.201 e. The zero-order valence-corrected chi connectivity index (χ0v) is 11.0. The molecule has 0 spiro atoms. The number of para-hydroxylation sites is 2. The van der Waals surface area contributed by atoms with Crippen LogP contribution in [0.1, 0.15) is 19.8 Å². The van der Waals surface area contributed by atoms with Gasteiger partial charge in [0.2, 0.25) is 5.95 Å². The molecule has 0 radical (unpaired) electrons. The van der Waals surface area contributed by atoms with Gasteiger partial charge in [-0.25, -0.2) is 4.98 Å². The molecule has 0 amide bonds. The van der Waals surface area contributed by atoms with E-state index < -0.39 is 0 Å². The Bertz CT molecular complexity index is 496. The summed E-state index contributed by atoms with van der Waals surface area (Å²) in [6.45, 7) is 3.18. The Hall–Kier alpha value is -1.55. The smallest absolute Gasteiger partial charge is 0.201 e. The Morgan fingerprint density at radius 2 is 2.22 bits per heavy atom. The van der Waals surface area contributed by atoms with Crippen molar-refractivity contribution >= 4 is 17.0 Å². The minimum absolute atomic E-state index is 0.533. The monoisotopic (exact) mass is 244 g/mol. The summed E-state index contributed by atoms with van der Waals surface area (Å²) in [5, 5.41) is 3.39. The van der Waals surface area contributed by atoms with Crippen molar-refractivity contribution in [3.05, 3.63) is 24.3 Å². The van der Waals surface area contributed by atoms with Crippen LogP contribution in [0.25, 0.3) is 11.0 Å². The normalized spacial score (nSPS) is 17.3. The number of benzene rings is 1. The topological polar surface area (TPSA) is 44.0 Å². The quantitative estimate of drug-likeness (QED) is 0.849. The van der Waals surface area contributed by atoms with E-state index in [9.17, 15) is 0 Å². The van der Waals surface area contributed by atoms with E-state index in [2.05, 4.69) is 34.2 Å². The zero-order valence-electron chi connectivity index (χ0n) is 11.0. The van der Waals surface area contributed by atoms with Gasteiger partial charge in [-0.15, -0.1) is 0 Å². The van der Waals surface area contributed by atoms with Gasteiger partial charge in [-0.3, -0.25) is 4.90 Å². The van der Waals surface area contributed by atoms with Crippen LogP contribution < -0.4 is 5.32 Å². The lowest BCUT2D eigenvalue weighted by Crippen LogP contribution is -2.36. The molecule has 1 fully saturated rings. The van der Waals surface area contributed by atoms with Crippen LogP contribution in [0.2, 0.25) is 0 Å². The fourth-order valence-electron chi connectivity index (χ4n) is 2.27. The van der Waals surface area contributed by atoms with Gasteiger partial charge in [0.05, 0.1) is 11.0 Å². The van der Waals surface area contributed by atoms with E-state index >= 15 is 0 Å². The van der Waals surface area contributed by atoms with Crippen LogP contribution in [0.3, 0.4) is 0 Å². The van der Waals surface area contributed by atoms with Crippen molar-refractivity contribution < 1.29 is 0 Å². The van der Waals surface area contributed by atoms with E-state index in [1.54, 1.807) is 0 Å². The Morgan fingerprint density at radius 1 is 1.44 bits per heavy atom. The molecule has 1 heterocycles. The number of likely N-dealkylation sites (N-methyl/N-ethyl adjacent to an activating group) is 1. The fourth-order valence-corrected chi connectivity index (χ4v) is 2.27. The first kappa shape index (κ1) is 11.5. The van der Waals surface area contributed by atoms with Crippen LogP contribution >= 0.6 is 0 Å². The van der Waals surface area contributed by atoms with Crippen LogP contribution in [0, 0.1) is 0 Å². The minimum atomic E-state index is 0.533. The van der Waals surface area contributed by atoms with Gasteiger partial charge in [0.25, 0.3) is 0 Å². The first-order chi connectivity index (χ1) is 8.74. The van der Waals surface area contributed by atoms with Crippen LogP contribution in [0.4, 0.5) is 5.95 Å². The first-order valence-electron chi connectivity index (χ1n) is 6.64. The van der Waals surface area contributed by atoms with Crippen molar-refractivity contribution in [2.45, 2.75) is 31.8 Å². The van der Waals surface area contributed by atoms with Gasteiger partial charge in [0.15, 0.2) is 0 Å². The van der Waals surface area contributed by atoms with Crippen LogP contribution in [-0.4, -0.2) is 40.5 Å². The highest BCUT2D eigenvalue weighted by Gasteiger charge is 2.28. The average Bonchev–Trinajstić information content (AvgIpc) is 3.14. The highest BCUT2D eigenvalue weighted by molar-refractivity contribution is 5.77. The third-order valence-corrected chi connectivity index (χ3v) is 3.77. The number of rotatable bonds is 5. The molecule has 2 N–H and O–H groups in total. The Balaban J connectivity index is 1.61. The molecule has 0 aliphatic heterocycles. The Morgan fingerprint density at radius 3 is 2.94 bits per heavy atom. The molecule has 0 saturated heterocycles. The standard InChI is InChI=1S/C14H20N4/c1-10(18(2)11-7-8-11)9-15-14-16-12-5-3-4-6-13(12)17-14/h3-6,10-11H,7-9H2,1-2H3,(H2,15,16,17). The molecular weight excluding hydrogens is 224 g/mol. The molecule has 18 heavy (non-hydrogen) atoms. The van der Waals surface area contributed by atoms with Crippen molar-refractivity contribution in [3.63, 3.8) is 0 Å². The molecule has 1 saturated carbocycles. The summed E-state index contributed by atoms with van der Waals surface area (Å²) in [4.78, 5) is 10.3. The lowest BCUT2D eigenvalue weighted by Gasteiger charge is -2.24. The number of fused-ring (bicyclic) bond motifs is 1. The van der Waals surface area contributed by atoms with E-state index in [0.29, 0.717) is 6.04 Å². The molecule has 1 aliphatic carbocycles. The number of nitrogens with one attached hydrogen (secondary N) is 2. The van der Waals surface area contributed by atoms with E-state index in [4.69, 9.17) is 0 Å². The molecule has 1 unspecified atom stereocenters. The molecule has 1 aromatic carbocycles. The number of anilines is 1. The third kappa shape index (κ3) is 2.34. The van der Waals surface area contributed by atoms with Gasteiger partial charge in [-0.05, 0) is 38.9 Å². The van der Waals surface area contributed by atoms with Crippen LogP contribution in [0.5, 0.6) is 0 Å². The number of hydrogen-bond acceptors (Lipinski definition) is 3. The van der Waals surface area contributed by atoms with E-state index in [1.165, 1.54) is 12.8 Å². The lowest BCUT2D eigenvalue weighted by molar-refractivity contribution is 0.257. The number of H-pyrrole nitrogens is 1. The SMILES string of the molecule is CC(CNc1nc2ccccc2[nH]1)N(C)C1CC1. The van der Waals surface area contributed by atoms with Gasteiger partial charge in [-0.1, -0.05) is 12.1 Å². The number of hydrogen-bond donors (Lipinski definition) is 2. The van der Waals surface area contributed by atoms with E-state index in [-0.39, 0.29) is 0 Å². The summed E-state index contributed by atoms with van der Waals surface area (Å²) < 4.78 is 0. The fraction of sp³-hybridized carbons (Fsp3) is 0.500. The van der Waals surface area contributed by atoms with E-state index in [1.807, 2.05) is 24.3 Å². The van der Waals surface area contributed by atoms with E-state index in [0.717, 1.165) is 29.6 Å². The molecule has 3 rings (SSSR count). The third-order valence-electron chi connectivity index (χ3n) is 3.77. The first-order valence-corrected chi connectivity index (χ1v) is 6.64. The van der Waals surface area contributed by atoms with Crippen LogP contribution in [0.15, 0.2) is 24.3 Å². The summed E-state index contributed by atoms with van der Waals surface area (Å²) in [6, 6.07) is 9.44. The predicted molar refractivity (Wildman–Crippen MR) is 74.8 cm³/mol. The number of nitrogens with zero attached hydrogens (tertiary/aromatic N) is 2. The zero-order chi connectivity index (χ0) is 12.5. The summed E-state index contributed by atoms with van der Waals surface area (Å²) in [5.74, 6) is 0.868. The van der Waals surface area contributed by atoms with Gasteiger partial charge in [0, 0.05) is 18.6 Å². The summed E-state index contributed by atoms with van der Waals surface area (Å²) in [5.41, 5.74) is 2.10. The van der Waals surface area contributed by atoms with Crippen molar-refractivity contribution in [1.82, 2.24) is 14.9 Å². The van der Waals surface area contributed by atoms with Crippen molar-refractivity contribution in [3.8, 4) is 0 Å². The molecule has 0 bridgehead atoms. The van der Waals surface area contributed by atoms with Crippen molar-refractivity contribution in [2.24, 2.45) is 0 Å². The van der Waals surface area contributed by atoms with Gasteiger partial charge in [-0.2, -0.15) is 0 Å². The van der Waals surface area contributed by atoms with Gasteiger partial charge >= 0.3 is 0 Å². The maximum atomic E-state index is 4.52. The number of imidazole rings is 1. The molecule has 1 atom stereocenters. The molecule has 1 aromatic heterocycles. The molecule has 1 aliphatic rings. The molecule has 2 aromatic rings. The van der Waals surface area contributed by atoms with Gasteiger partial charge in [0.1, 0.15) is 0 Å². The second-order valence-corrected chi connectivity index (χ2v) is 5.23. The van der Waals surface area contributed by atoms with Gasteiger partial charge < -0.3 is 10.3 Å². The molecule has 96 valence electrons. The summed E-state index contributed by atoms with van der Waals surface area (Å²) in [7, 11) is 2.21.